The third-order valence-electron chi connectivity index (χ3n) is 4.88. The Labute approximate surface area is 177 Å². The van der Waals surface area contributed by atoms with Gasteiger partial charge in [-0.05, 0) is 63.8 Å². The van der Waals surface area contributed by atoms with Gasteiger partial charge in [0.05, 0.1) is 11.8 Å². The van der Waals surface area contributed by atoms with Gasteiger partial charge in [0, 0.05) is 29.1 Å². The number of benzene rings is 1. The van der Waals surface area contributed by atoms with E-state index < -0.39 is 5.60 Å². The SMILES string of the molecule is CO/N=C/c1cnccc1C#Cc1ccc(C2(NC(=O)OC(C)(C)C)CCC2)cc1. The van der Waals surface area contributed by atoms with Crippen molar-refractivity contribution >= 4 is 12.3 Å². The third-order valence-corrected chi connectivity index (χ3v) is 4.88. The van der Waals surface area contributed by atoms with Gasteiger partial charge in [-0.2, -0.15) is 0 Å². The number of hydrogen-bond donors (Lipinski definition) is 1. The number of amides is 1. The maximum atomic E-state index is 12.3. The molecule has 0 radical (unpaired) electrons. The summed E-state index contributed by atoms with van der Waals surface area (Å²) in [6, 6.07) is 9.85. The summed E-state index contributed by atoms with van der Waals surface area (Å²) in [5, 5.41) is 6.86. The number of carbonyl (C=O) groups excluding carboxylic acids is 1. The molecule has 0 spiro atoms. The lowest BCUT2D eigenvalue weighted by molar-refractivity contribution is 0.0377. The highest BCUT2D eigenvalue weighted by Gasteiger charge is 2.41. The standard InChI is InChI=1S/C24H27N3O3/c1-23(2,3)30-22(28)27-24(13-5-14-24)21-10-7-18(8-11-21)6-9-19-12-15-25-16-20(19)17-26-29-4/h7-8,10-12,15-17H,5,13-14H2,1-4H3,(H,27,28)/b26-17+. The first-order valence-corrected chi connectivity index (χ1v) is 9.96. The summed E-state index contributed by atoms with van der Waals surface area (Å²) in [5.74, 6) is 6.33. The quantitative estimate of drug-likeness (QED) is 0.466. The van der Waals surface area contributed by atoms with Gasteiger partial charge in [-0.15, -0.1) is 0 Å². The molecule has 1 N–H and O–H groups in total. The van der Waals surface area contributed by atoms with E-state index in [1.165, 1.54) is 7.11 Å². The minimum atomic E-state index is -0.520. The van der Waals surface area contributed by atoms with E-state index in [0.717, 1.165) is 41.5 Å². The highest BCUT2D eigenvalue weighted by Crippen LogP contribution is 2.41. The van der Waals surface area contributed by atoms with Crippen LogP contribution in [0.5, 0.6) is 0 Å². The second kappa shape index (κ2) is 9.00. The molecule has 0 aliphatic heterocycles. The predicted octanol–water partition coefficient (Wildman–Crippen LogP) is 4.37. The molecule has 0 saturated heterocycles. The molecule has 0 bridgehead atoms. The van der Waals surface area contributed by atoms with Gasteiger partial charge in [-0.1, -0.05) is 29.1 Å². The molecule has 1 amide bonds. The summed E-state index contributed by atoms with van der Waals surface area (Å²) >= 11 is 0. The van der Waals surface area contributed by atoms with Crippen molar-refractivity contribution in [3.63, 3.8) is 0 Å². The average molecular weight is 405 g/mol. The van der Waals surface area contributed by atoms with E-state index in [-0.39, 0.29) is 11.6 Å². The number of pyridine rings is 1. The number of alkyl carbamates (subject to hydrolysis) is 1. The van der Waals surface area contributed by atoms with Crippen molar-refractivity contribution in [2.75, 3.05) is 7.11 Å². The Hall–Kier alpha value is -3.33. The van der Waals surface area contributed by atoms with Crippen LogP contribution in [0.25, 0.3) is 0 Å². The molecule has 2 aromatic rings. The van der Waals surface area contributed by atoms with Crippen molar-refractivity contribution in [1.82, 2.24) is 10.3 Å². The molecule has 3 rings (SSSR count). The Morgan fingerprint density at radius 2 is 1.93 bits per heavy atom. The molecular weight excluding hydrogens is 378 g/mol. The third kappa shape index (κ3) is 5.38. The van der Waals surface area contributed by atoms with Crippen LogP contribution >= 0.6 is 0 Å². The number of ether oxygens (including phenoxy) is 1. The zero-order chi connectivity index (χ0) is 21.6. The number of nitrogens with zero attached hydrogens (tertiary/aromatic N) is 2. The molecule has 1 aromatic heterocycles. The first-order chi connectivity index (χ1) is 14.3. The summed E-state index contributed by atoms with van der Waals surface area (Å²) in [4.78, 5) is 21.1. The van der Waals surface area contributed by atoms with Gasteiger partial charge in [0.1, 0.15) is 12.7 Å². The molecule has 1 aromatic carbocycles. The lowest BCUT2D eigenvalue weighted by Gasteiger charge is -2.43. The fraction of sp³-hybridized carbons (Fsp3) is 0.375. The smallest absolute Gasteiger partial charge is 0.408 e. The molecule has 30 heavy (non-hydrogen) atoms. The fourth-order valence-electron chi connectivity index (χ4n) is 3.26. The van der Waals surface area contributed by atoms with E-state index >= 15 is 0 Å². The van der Waals surface area contributed by atoms with Crippen LogP contribution in [0.4, 0.5) is 4.79 Å². The van der Waals surface area contributed by atoms with E-state index in [1.807, 2.05) is 51.1 Å². The fourth-order valence-corrected chi connectivity index (χ4v) is 3.26. The second-order valence-electron chi connectivity index (χ2n) is 8.27. The van der Waals surface area contributed by atoms with Gasteiger partial charge in [-0.25, -0.2) is 4.79 Å². The van der Waals surface area contributed by atoms with Gasteiger partial charge < -0.3 is 14.9 Å². The maximum Gasteiger partial charge on any atom is 0.408 e. The number of aromatic nitrogens is 1. The summed E-state index contributed by atoms with van der Waals surface area (Å²) in [6.45, 7) is 5.59. The van der Waals surface area contributed by atoms with E-state index in [2.05, 4.69) is 27.3 Å². The summed E-state index contributed by atoms with van der Waals surface area (Å²) in [5.41, 5.74) is 2.69. The highest BCUT2D eigenvalue weighted by molar-refractivity contribution is 5.82. The van der Waals surface area contributed by atoms with Crippen molar-refractivity contribution in [2.45, 2.75) is 51.2 Å². The number of oxime groups is 1. The number of rotatable bonds is 4. The molecule has 1 aliphatic carbocycles. The lowest BCUT2D eigenvalue weighted by Crippen LogP contribution is -2.52. The first-order valence-electron chi connectivity index (χ1n) is 9.96. The average Bonchev–Trinajstić information content (AvgIpc) is 2.67. The van der Waals surface area contributed by atoms with E-state index in [9.17, 15) is 4.79 Å². The van der Waals surface area contributed by atoms with Crippen molar-refractivity contribution in [1.29, 1.82) is 0 Å². The monoisotopic (exact) mass is 405 g/mol. The maximum absolute atomic E-state index is 12.3. The topological polar surface area (TPSA) is 72.8 Å². The minimum absolute atomic E-state index is 0.358. The molecule has 156 valence electrons. The number of carbonyl (C=O) groups is 1. The second-order valence-corrected chi connectivity index (χ2v) is 8.27. The Morgan fingerprint density at radius 3 is 2.53 bits per heavy atom. The van der Waals surface area contributed by atoms with Crippen molar-refractivity contribution in [2.24, 2.45) is 5.16 Å². The zero-order valence-electron chi connectivity index (χ0n) is 17.9. The van der Waals surface area contributed by atoms with Gasteiger partial charge in [0.2, 0.25) is 0 Å². The van der Waals surface area contributed by atoms with Crippen LogP contribution in [0.2, 0.25) is 0 Å². The first kappa shape index (κ1) is 21.4. The van der Waals surface area contributed by atoms with Crippen LogP contribution in [0, 0.1) is 11.8 Å². The van der Waals surface area contributed by atoms with Gasteiger partial charge in [0.15, 0.2) is 0 Å². The lowest BCUT2D eigenvalue weighted by atomic mass is 9.72. The van der Waals surface area contributed by atoms with Gasteiger partial charge in [0.25, 0.3) is 0 Å². The van der Waals surface area contributed by atoms with Crippen LogP contribution in [0.1, 0.15) is 62.3 Å². The van der Waals surface area contributed by atoms with Crippen molar-refractivity contribution in [3.8, 4) is 11.8 Å². The van der Waals surface area contributed by atoms with Crippen LogP contribution in [-0.2, 0) is 15.1 Å². The van der Waals surface area contributed by atoms with Crippen LogP contribution < -0.4 is 5.32 Å². The van der Waals surface area contributed by atoms with Crippen LogP contribution in [0.3, 0.4) is 0 Å². The van der Waals surface area contributed by atoms with Gasteiger partial charge in [-0.3, -0.25) is 4.98 Å². The largest absolute Gasteiger partial charge is 0.444 e. The van der Waals surface area contributed by atoms with Crippen molar-refractivity contribution in [3.05, 3.63) is 65.0 Å². The predicted molar refractivity (Wildman–Crippen MR) is 116 cm³/mol. The van der Waals surface area contributed by atoms with E-state index in [0.29, 0.717) is 0 Å². The Balaban J connectivity index is 1.75. The summed E-state index contributed by atoms with van der Waals surface area (Å²) in [6.07, 6.45) is 7.47. The molecule has 0 atom stereocenters. The Bertz CT molecular complexity index is 975. The normalized spacial score (nSPS) is 14.9. The molecule has 1 saturated carbocycles. The molecule has 1 aliphatic rings. The summed E-state index contributed by atoms with van der Waals surface area (Å²) < 4.78 is 5.44. The highest BCUT2D eigenvalue weighted by atomic mass is 16.6. The molecular formula is C24H27N3O3. The van der Waals surface area contributed by atoms with E-state index in [4.69, 9.17) is 9.57 Å². The molecule has 1 heterocycles. The molecule has 6 heteroatoms. The van der Waals surface area contributed by atoms with Gasteiger partial charge >= 0.3 is 6.09 Å². The van der Waals surface area contributed by atoms with E-state index in [1.54, 1.807) is 18.6 Å². The Morgan fingerprint density at radius 1 is 1.20 bits per heavy atom. The Kier molecular flexibility index (Phi) is 6.41. The minimum Gasteiger partial charge on any atom is -0.444 e. The number of nitrogens with one attached hydrogen (secondary N) is 1. The molecule has 6 nitrogen and oxygen atoms in total. The molecule has 1 fully saturated rings. The van der Waals surface area contributed by atoms with Crippen molar-refractivity contribution < 1.29 is 14.4 Å². The van der Waals surface area contributed by atoms with Crippen LogP contribution in [-0.4, -0.2) is 30.0 Å². The number of hydrogen-bond acceptors (Lipinski definition) is 5. The van der Waals surface area contributed by atoms with Crippen LogP contribution in [0.15, 0.2) is 47.9 Å². The zero-order valence-corrected chi connectivity index (χ0v) is 17.9. The summed E-state index contributed by atoms with van der Waals surface area (Å²) in [7, 11) is 1.49. The molecule has 0 unspecified atom stereocenters.